The molecule has 348 valence electrons. The SMILES string of the molecule is CC(C)n1c(O[C@@H]2C[C@H]3C(=O)C[C@]4(C(=O)NS(=O)(=O)C5(C)CC5)C[C@H]4/C=C\CCCCC[C@H](CC(=O)OC(C)(C)C)C(=O)N3C2)nc2c(-c3nc(Cc4cccc(F)c4)cs3)cccc21. The molecule has 0 radical (unpaired) electrons. The molecule has 4 aliphatic rings. The summed E-state index contributed by atoms with van der Waals surface area (Å²) in [6.45, 7) is 11.0. The van der Waals surface area contributed by atoms with Crippen molar-refractivity contribution in [3.63, 3.8) is 0 Å². The summed E-state index contributed by atoms with van der Waals surface area (Å²) in [4.78, 5) is 68.6. The minimum Gasteiger partial charge on any atom is -0.460 e. The Balaban J connectivity index is 1.11. The Bertz CT molecular complexity index is 2630. The summed E-state index contributed by atoms with van der Waals surface area (Å²) in [5.41, 5.74) is 1.83. The number of hydrogen-bond donors (Lipinski definition) is 1. The lowest BCUT2D eigenvalue weighted by Crippen LogP contribution is -2.47. The molecule has 1 saturated heterocycles. The lowest BCUT2D eigenvalue weighted by atomic mass is 9.90. The summed E-state index contributed by atoms with van der Waals surface area (Å²) in [7, 11) is -3.98. The molecule has 2 aliphatic carbocycles. The number of ketones is 1. The average molecular weight is 930 g/mol. The van der Waals surface area contributed by atoms with Gasteiger partial charge in [-0.2, -0.15) is 4.98 Å². The molecule has 5 atom stereocenters. The van der Waals surface area contributed by atoms with Crippen LogP contribution in [-0.2, 0) is 40.4 Å². The van der Waals surface area contributed by atoms with E-state index in [1.807, 2.05) is 60.2 Å². The fourth-order valence-electron chi connectivity index (χ4n) is 9.37. The molecule has 2 saturated carbocycles. The van der Waals surface area contributed by atoms with Gasteiger partial charge in [0.2, 0.25) is 21.8 Å². The van der Waals surface area contributed by atoms with E-state index in [0.717, 1.165) is 46.6 Å². The molecular formula is C49H60FN5O8S2. The van der Waals surface area contributed by atoms with Crippen molar-refractivity contribution in [2.45, 2.75) is 147 Å². The molecule has 2 aromatic carbocycles. The molecular weight excluding hydrogens is 870 g/mol. The molecule has 4 heterocycles. The Labute approximate surface area is 384 Å². The number of allylic oxidation sites excluding steroid dienone is 2. The number of rotatable bonds is 11. The number of carbonyl (C=O) groups excluding carboxylic acids is 4. The van der Waals surface area contributed by atoms with Crippen molar-refractivity contribution in [1.29, 1.82) is 0 Å². The zero-order valence-corrected chi connectivity index (χ0v) is 39.7. The number of amides is 2. The van der Waals surface area contributed by atoms with Gasteiger partial charge in [-0.1, -0.05) is 43.2 Å². The van der Waals surface area contributed by atoms with Crippen molar-refractivity contribution >= 4 is 56.0 Å². The van der Waals surface area contributed by atoms with Crippen LogP contribution in [0.5, 0.6) is 6.01 Å². The number of ether oxygens (including phenoxy) is 2. The number of imidazole rings is 1. The van der Waals surface area contributed by atoms with E-state index in [1.165, 1.54) is 28.4 Å². The van der Waals surface area contributed by atoms with Gasteiger partial charge in [0.05, 0.1) is 40.4 Å². The molecule has 13 nitrogen and oxygen atoms in total. The van der Waals surface area contributed by atoms with Gasteiger partial charge in [0.15, 0.2) is 5.78 Å². The monoisotopic (exact) mass is 929 g/mol. The van der Waals surface area contributed by atoms with Crippen LogP contribution in [0.15, 0.2) is 60.0 Å². The molecule has 16 heteroatoms. The van der Waals surface area contributed by atoms with Crippen LogP contribution in [0, 0.1) is 23.1 Å². The highest BCUT2D eigenvalue weighted by Crippen LogP contribution is 2.58. The maximum atomic E-state index is 14.9. The number of thiazole rings is 1. The second-order valence-corrected chi connectivity index (χ2v) is 23.1. The Morgan fingerprint density at radius 1 is 1.06 bits per heavy atom. The molecule has 1 N–H and O–H groups in total. The van der Waals surface area contributed by atoms with Crippen molar-refractivity contribution in [1.82, 2.24) is 24.2 Å². The number of sulfonamides is 1. The predicted octanol–water partition coefficient (Wildman–Crippen LogP) is 8.65. The maximum absolute atomic E-state index is 14.9. The number of Topliss-reactive ketones (excluding diaryl/α,β-unsaturated/α-hetero) is 1. The number of nitrogens with one attached hydrogen (secondary N) is 1. The van der Waals surface area contributed by atoms with Gasteiger partial charge in [-0.05, 0) is 116 Å². The Morgan fingerprint density at radius 3 is 2.55 bits per heavy atom. The van der Waals surface area contributed by atoms with E-state index in [-0.39, 0.29) is 55.3 Å². The van der Waals surface area contributed by atoms with E-state index >= 15 is 0 Å². The van der Waals surface area contributed by atoms with Crippen LogP contribution in [0.3, 0.4) is 0 Å². The van der Waals surface area contributed by atoms with Gasteiger partial charge in [-0.25, -0.2) is 17.8 Å². The molecule has 4 aromatic rings. The summed E-state index contributed by atoms with van der Waals surface area (Å²) in [5.74, 6) is -3.32. The van der Waals surface area contributed by atoms with Gasteiger partial charge in [0.1, 0.15) is 28.0 Å². The first-order chi connectivity index (χ1) is 30.8. The average Bonchev–Trinajstić information content (AvgIpc) is 3.92. The Morgan fingerprint density at radius 2 is 1.83 bits per heavy atom. The van der Waals surface area contributed by atoms with Crippen LogP contribution in [0.25, 0.3) is 21.6 Å². The van der Waals surface area contributed by atoms with Crippen LogP contribution in [-0.4, -0.2) is 80.5 Å². The predicted molar refractivity (Wildman–Crippen MR) is 246 cm³/mol. The lowest BCUT2D eigenvalue weighted by molar-refractivity contribution is -0.159. The van der Waals surface area contributed by atoms with E-state index in [9.17, 15) is 32.0 Å². The first kappa shape index (κ1) is 46.6. The van der Waals surface area contributed by atoms with E-state index in [1.54, 1.807) is 33.8 Å². The van der Waals surface area contributed by atoms with Gasteiger partial charge < -0.3 is 14.4 Å². The highest BCUT2D eigenvalue weighted by atomic mass is 32.2. The highest BCUT2D eigenvalue weighted by Gasteiger charge is 2.62. The first-order valence-corrected chi connectivity index (χ1v) is 25.3. The summed E-state index contributed by atoms with van der Waals surface area (Å²) in [5, 5.41) is 2.70. The smallest absolute Gasteiger partial charge is 0.307 e. The molecule has 2 aliphatic heterocycles. The molecule has 0 unspecified atom stereocenters. The Hall–Kier alpha value is -4.96. The van der Waals surface area contributed by atoms with Gasteiger partial charge in [0.25, 0.3) is 6.01 Å². The molecule has 0 bridgehead atoms. The third kappa shape index (κ3) is 10.1. The van der Waals surface area contributed by atoms with Crippen molar-refractivity contribution in [3.8, 4) is 16.6 Å². The molecule has 8 rings (SSSR count). The van der Waals surface area contributed by atoms with Crippen LogP contribution in [0.1, 0.15) is 129 Å². The van der Waals surface area contributed by atoms with Crippen LogP contribution >= 0.6 is 11.3 Å². The standard InChI is InChI=1S/C49H60FN5O8S2/c1-30(2)55-38-19-13-18-37(43-51-35(29-64-43)23-31-14-12-17-34(50)22-31)42(38)52-46(55)62-36-25-39-40(56)27-49(45(59)53-65(60,61)48(6)20-21-48)26-33(49)16-11-9-7-8-10-15-32(44(58)54(39)28-36)24-41(57)63-47(3,4)5/h11-14,16-19,22,29-30,32-33,36,39H,7-10,15,20-21,23-28H2,1-6H3,(H,53,59)/b16-11-/t32-,33-,36-,39+,49-/m1/s1. The molecule has 2 aromatic heterocycles. The topological polar surface area (TPSA) is 167 Å². The van der Waals surface area contributed by atoms with E-state index in [0.29, 0.717) is 50.1 Å². The van der Waals surface area contributed by atoms with E-state index in [2.05, 4.69) is 4.72 Å². The molecule has 2 amide bonds. The number of benzene rings is 2. The quantitative estimate of drug-likeness (QED) is 0.114. The van der Waals surface area contributed by atoms with Crippen molar-refractivity contribution in [3.05, 3.63) is 77.1 Å². The van der Waals surface area contributed by atoms with Gasteiger partial charge in [-0.15, -0.1) is 11.3 Å². The number of halogens is 1. The van der Waals surface area contributed by atoms with Crippen LogP contribution in [0.2, 0.25) is 0 Å². The van der Waals surface area contributed by atoms with Crippen LogP contribution in [0.4, 0.5) is 4.39 Å². The highest BCUT2D eigenvalue weighted by molar-refractivity contribution is 7.91. The number of aromatic nitrogens is 3. The van der Waals surface area contributed by atoms with Gasteiger partial charge in [-0.3, -0.25) is 28.5 Å². The summed E-state index contributed by atoms with van der Waals surface area (Å²) < 4.78 is 56.4. The maximum Gasteiger partial charge on any atom is 0.307 e. The zero-order chi connectivity index (χ0) is 46.5. The fraction of sp³-hybridized carbons (Fsp3) is 0.551. The number of nitrogens with zero attached hydrogens (tertiary/aromatic N) is 4. The van der Waals surface area contributed by atoms with E-state index in [4.69, 9.17) is 19.4 Å². The zero-order valence-electron chi connectivity index (χ0n) is 38.1. The number of fused-ring (bicyclic) bond motifs is 3. The summed E-state index contributed by atoms with van der Waals surface area (Å²) in [6.07, 6.45) is 8.04. The first-order valence-electron chi connectivity index (χ1n) is 22.9. The fourth-order valence-corrected chi connectivity index (χ4v) is 11.6. The van der Waals surface area contributed by atoms with Crippen molar-refractivity contribution in [2.75, 3.05) is 6.54 Å². The lowest BCUT2D eigenvalue weighted by Gasteiger charge is -2.29. The molecule has 3 fully saturated rings. The minimum atomic E-state index is -3.98. The second kappa shape index (κ2) is 18.0. The third-order valence-electron chi connectivity index (χ3n) is 13.3. The Kier molecular flexibility index (Phi) is 12.9. The number of para-hydroxylation sites is 1. The number of esters is 1. The normalized spacial score (nSPS) is 25.3. The van der Waals surface area contributed by atoms with Gasteiger partial charge in [0, 0.05) is 42.2 Å². The molecule has 65 heavy (non-hydrogen) atoms. The second-order valence-electron chi connectivity index (χ2n) is 20.0. The largest absolute Gasteiger partial charge is 0.460 e. The molecule has 0 spiro atoms. The minimum absolute atomic E-state index is 0.0272. The van der Waals surface area contributed by atoms with Crippen molar-refractivity contribution in [2.24, 2.45) is 17.3 Å². The number of hydrogen-bond acceptors (Lipinski definition) is 11. The summed E-state index contributed by atoms with van der Waals surface area (Å²) in [6, 6.07) is 11.5. The number of carbonyl (C=O) groups is 4. The van der Waals surface area contributed by atoms with Gasteiger partial charge >= 0.3 is 5.97 Å². The van der Waals surface area contributed by atoms with E-state index < -0.39 is 55.7 Å². The summed E-state index contributed by atoms with van der Waals surface area (Å²) >= 11 is 1.47. The van der Waals surface area contributed by atoms with Crippen LogP contribution < -0.4 is 9.46 Å². The third-order valence-corrected chi connectivity index (χ3v) is 16.4. The van der Waals surface area contributed by atoms with Crippen molar-refractivity contribution < 1.29 is 41.5 Å².